The van der Waals surface area contributed by atoms with Gasteiger partial charge >= 0.3 is 6.03 Å². The van der Waals surface area contributed by atoms with Crippen LogP contribution >= 0.6 is 11.6 Å². The highest BCUT2D eigenvalue weighted by atomic mass is 35.5. The van der Waals surface area contributed by atoms with Gasteiger partial charge in [0.15, 0.2) is 0 Å². The van der Waals surface area contributed by atoms with Crippen LogP contribution < -0.4 is 5.32 Å². The lowest BCUT2D eigenvalue weighted by Crippen LogP contribution is -2.59. The SMILES string of the molecule is C#CC(C)N1C(=O)NC(=O)C(c2ccc(Cl)cc2)C1=O. The van der Waals surface area contributed by atoms with Gasteiger partial charge in [-0.25, -0.2) is 9.69 Å². The van der Waals surface area contributed by atoms with E-state index >= 15 is 0 Å². The van der Waals surface area contributed by atoms with Gasteiger partial charge in [0.1, 0.15) is 5.92 Å². The van der Waals surface area contributed by atoms with E-state index in [-0.39, 0.29) is 0 Å². The van der Waals surface area contributed by atoms with E-state index in [0.717, 1.165) is 4.90 Å². The maximum atomic E-state index is 12.3. The number of nitrogens with zero attached hydrogens (tertiary/aromatic N) is 1. The fourth-order valence-corrected chi connectivity index (χ4v) is 2.11. The quantitative estimate of drug-likeness (QED) is 0.663. The molecule has 0 aromatic heterocycles. The largest absolute Gasteiger partial charge is 0.331 e. The third-order valence-corrected chi connectivity index (χ3v) is 3.28. The Balaban J connectivity index is 2.40. The Morgan fingerprint density at radius 3 is 2.45 bits per heavy atom. The Hall–Kier alpha value is -2.32. The molecular formula is C14H11ClN2O3. The van der Waals surface area contributed by atoms with E-state index in [9.17, 15) is 14.4 Å². The minimum atomic E-state index is -1.10. The van der Waals surface area contributed by atoms with Crippen molar-refractivity contribution in [2.45, 2.75) is 18.9 Å². The number of rotatable bonds is 2. The Kier molecular flexibility index (Phi) is 3.77. The van der Waals surface area contributed by atoms with Crippen LogP contribution in [-0.2, 0) is 9.59 Å². The molecule has 20 heavy (non-hydrogen) atoms. The van der Waals surface area contributed by atoms with Crippen LogP contribution in [0.15, 0.2) is 24.3 Å². The summed E-state index contributed by atoms with van der Waals surface area (Å²) in [5.41, 5.74) is 0.457. The number of terminal acetylenes is 1. The number of imide groups is 2. The first-order chi connectivity index (χ1) is 9.45. The summed E-state index contributed by atoms with van der Waals surface area (Å²) in [6.07, 6.45) is 5.24. The molecule has 1 aliphatic rings. The zero-order valence-corrected chi connectivity index (χ0v) is 11.3. The van der Waals surface area contributed by atoms with Gasteiger partial charge in [0.2, 0.25) is 11.8 Å². The number of carbonyl (C=O) groups excluding carboxylic acids is 3. The number of urea groups is 1. The third kappa shape index (κ3) is 2.38. The lowest BCUT2D eigenvalue weighted by Gasteiger charge is -2.32. The van der Waals surface area contributed by atoms with Crippen LogP contribution in [0.5, 0.6) is 0 Å². The fourth-order valence-electron chi connectivity index (χ4n) is 1.98. The molecule has 2 rings (SSSR count). The van der Waals surface area contributed by atoms with E-state index in [1.807, 2.05) is 0 Å². The average Bonchev–Trinajstić information content (AvgIpc) is 2.40. The highest BCUT2D eigenvalue weighted by Crippen LogP contribution is 2.25. The number of benzene rings is 1. The highest BCUT2D eigenvalue weighted by Gasteiger charge is 2.42. The standard InChI is InChI=1S/C14H11ClN2O3/c1-3-8(2)17-13(19)11(12(18)16-14(17)20)9-4-6-10(15)7-5-9/h1,4-8,11H,2H3,(H,16,18,20). The smallest absolute Gasteiger partial charge is 0.277 e. The summed E-state index contributed by atoms with van der Waals surface area (Å²) in [6, 6.07) is 4.75. The van der Waals surface area contributed by atoms with Gasteiger partial charge in [-0.1, -0.05) is 29.7 Å². The summed E-state index contributed by atoms with van der Waals surface area (Å²) in [7, 11) is 0. The van der Waals surface area contributed by atoms with Crippen molar-refractivity contribution in [3.8, 4) is 12.3 Å². The van der Waals surface area contributed by atoms with E-state index in [1.165, 1.54) is 6.92 Å². The molecule has 1 saturated heterocycles. The highest BCUT2D eigenvalue weighted by molar-refractivity contribution is 6.30. The number of amides is 4. The third-order valence-electron chi connectivity index (χ3n) is 3.03. The van der Waals surface area contributed by atoms with Crippen LogP contribution in [0.4, 0.5) is 4.79 Å². The van der Waals surface area contributed by atoms with E-state index in [4.69, 9.17) is 18.0 Å². The first kappa shape index (κ1) is 14.1. The maximum Gasteiger partial charge on any atom is 0.331 e. The summed E-state index contributed by atoms with van der Waals surface area (Å²) >= 11 is 5.77. The normalized spacial score (nSPS) is 20.4. The zero-order chi connectivity index (χ0) is 14.9. The van der Waals surface area contributed by atoms with Gasteiger partial charge in [0.25, 0.3) is 0 Å². The summed E-state index contributed by atoms with van der Waals surface area (Å²) < 4.78 is 0. The second kappa shape index (κ2) is 5.35. The van der Waals surface area contributed by atoms with Crippen LogP contribution in [0.3, 0.4) is 0 Å². The summed E-state index contributed by atoms with van der Waals surface area (Å²) in [6.45, 7) is 1.53. The van der Waals surface area contributed by atoms with Gasteiger partial charge in [-0.05, 0) is 24.6 Å². The minimum Gasteiger partial charge on any atom is -0.277 e. The van der Waals surface area contributed by atoms with E-state index < -0.39 is 29.8 Å². The predicted octanol–water partition coefficient (Wildman–Crippen LogP) is 1.52. The van der Waals surface area contributed by atoms with Crippen LogP contribution in [0.1, 0.15) is 18.4 Å². The topological polar surface area (TPSA) is 66.5 Å². The van der Waals surface area contributed by atoms with Crippen LogP contribution in [0.2, 0.25) is 5.02 Å². The van der Waals surface area contributed by atoms with Crippen molar-refractivity contribution in [2.75, 3.05) is 0 Å². The van der Waals surface area contributed by atoms with Crippen LogP contribution in [0.25, 0.3) is 0 Å². The lowest BCUT2D eigenvalue weighted by atomic mass is 9.94. The van der Waals surface area contributed by atoms with Crippen molar-refractivity contribution in [2.24, 2.45) is 0 Å². The molecule has 1 aliphatic heterocycles. The molecule has 0 spiro atoms. The van der Waals surface area contributed by atoms with Crippen molar-refractivity contribution >= 4 is 29.4 Å². The molecule has 0 saturated carbocycles. The first-order valence-corrected chi connectivity index (χ1v) is 6.23. The molecule has 2 unspecified atom stereocenters. The molecule has 1 aromatic carbocycles. The number of hydrogen-bond acceptors (Lipinski definition) is 3. The van der Waals surface area contributed by atoms with Crippen LogP contribution in [-0.4, -0.2) is 28.8 Å². The van der Waals surface area contributed by atoms with Gasteiger partial charge in [-0.2, -0.15) is 0 Å². The molecule has 1 N–H and O–H groups in total. The molecule has 6 heteroatoms. The fraction of sp³-hybridized carbons (Fsp3) is 0.214. The van der Waals surface area contributed by atoms with Gasteiger partial charge in [0.05, 0.1) is 6.04 Å². The summed E-state index contributed by atoms with van der Waals surface area (Å²) in [5, 5.41) is 2.63. The Bertz CT molecular complexity index is 618. The molecule has 2 atom stereocenters. The molecule has 1 fully saturated rings. The Morgan fingerprint density at radius 2 is 1.90 bits per heavy atom. The maximum absolute atomic E-state index is 12.3. The molecule has 5 nitrogen and oxygen atoms in total. The molecule has 0 aliphatic carbocycles. The van der Waals surface area contributed by atoms with Crippen molar-refractivity contribution < 1.29 is 14.4 Å². The van der Waals surface area contributed by atoms with Crippen molar-refractivity contribution in [3.05, 3.63) is 34.9 Å². The van der Waals surface area contributed by atoms with E-state index in [2.05, 4.69) is 11.2 Å². The van der Waals surface area contributed by atoms with Gasteiger partial charge in [-0.15, -0.1) is 6.42 Å². The lowest BCUT2D eigenvalue weighted by molar-refractivity contribution is -0.139. The van der Waals surface area contributed by atoms with E-state index in [1.54, 1.807) is 24.3 Å². The molecule has 1 aromatic rings. The Morgan fingerprint density at radius 1 is 1.30 bits per heavy atom. The van der Waals surface area contributed by atoms with Crippen LogP contribution in [0, 0.1) is 12.3 Å². The summed E-state index contributed by atoms with van der Waals surface area (Å²) in [4.78, 5) is 36.8. The Labute approximate surface area is 120 Å². The summed E-state index contributed by atoms with van der Waals surface area (Å²) in [5.74, 6) is -0.0902. The van der Waals surface area contributed by atoms with Gasteiger partial charge in [0, 0.05) is 5.02 Å². The zero-order valence-electron chi connectivity index (χ0n) is 10.6. The predicted molar refractivity (Wildman–Crippen MR) is 72.9 cm³/mol. The molecular weight excluding hydrogens is 280 g/mol. The van der Waals surface area contributed by atoms with Crippen molar-refractivity contribution in [1.29, 1.82) is 0 Å². The number of barbiturate groups is 1. The molecule has 0 bridgehead atoms. The van der Waals surface area contributed by atoms with Crippen molar-refractivity contribution in [3.63, 3.8) is 0 Å². The van der Waals surface area contributed by atoms with Crippen molar-refractivity contribution in [1.82, 2.24) is 10.2 Å². The molecule has 0 radical (unpaired) electrons. The second-order valence-corrected chi connectivity index (χ2v) is 4.77. The molecule has 4 amide bonds. The first-order valence-electron chi connectivity index (χ1n) is 5.85. The monoisotopic (exact) mass is 290 g/mol. The average molecular weight is 291 g/mol. The van der Waals surface area contributed by atoms with Gasteiger partial charge < -0.3 is 0 Å². The van der Waals surface area contributed by atoms with Gasteiger partial charge in [-0.3, -0.25) is 14.9 Å². The minimum absolute atomic E-state index is 0.457. The second-order valence-electron chi connectivity index (χ2n) is 4.33. The number of halogens is 1. The van der Waals surface area contributed by atoms with E-state index in [0.29, 0.717) is 10.6 Å². The number of hydrogen-bond donors (Lipinski definition) is 1. The number of carbonyl (C=O) groups is 3. The molecule has 1 heterocycles. The number of nitrogens with one attached hydrogen (secondary N) is 1. The molecule has 102 valence electrons.